The smallest absolute Gasteiger partial charge is 0.221 e. The molecule has 1 aromatic heterocycles. The summed E-state index contributed by atoms with van der Waals surface area (Å²) in [6, 6.07) is 10.1. The Morgan fingerprint density at radius 2 is 2.17 bits per heavy atom. The fourth-order valence-corrected chi connectivity index (χ4v) is 3.44. The molecule has 1 N–H and O–H groups in total. The van der Waals surface area contributed by atoms with E-state index in [4.69, 9.17) is 0 Å². The van der Waals surface area contributed by atoms with Crippen molar-refractivity contribution in [1.82, 2.24) is 10.3 Å². The van der Waals surface area contributed by atoms with Gasteiger partial charge in [0.2, 0.25) is 5.91 Å². The molecule has 3 rings (SSSR count). The summed E-state index contributed by atoms with van der Waals surface area (Å²) >= 11 is 1.62. The van der Waals surface area contributed by atoms with Crippen molar-refractivity contribution in [3.8, 4) is 0 Å². The van der Waals surface area contributed by atoms with E-state index < -0.39 is 0 Å². The summed E-state index contributed by atoms with van der Waals surface area (Å²) in [5, 5.41) is 6.06. The maximum Gasteiger partial charge on any atom is 0.221 e. The number of hydrogen-bond acceptors (Lipinski definition) is 3. The van der Waals surface area contributed by atoms with Crippen LogP contribution in [-0.4, -0.2) is 10.9 Å². The molecule has 4 heteroatoms. The van der Waals surface area contributed by atoms with E-state index in [-0.39, 0.29) is 17.4 Å². The van der Waals surface area contributed by atoms with E-state index in [1.807, 2.05) is 23.6 Å². The van der Waals surface area contributed by atoms with E-state index in [2.05, 4.69) is 29.4 Å². The number of hydrogen-bond donors (Lipinski definition) is 1. The molecule has 2 atom stereocenters. The largest absolute Gasteiger partial charge is 0.348 e. The maximum absolute atomic E-state index is 11.8. The molecule has 0 saturated carbocycles. The minimum Gasteiger partial charge on any atom is -0.348 e. The van der Waals surface area contributed by atoms with Crippen molar-refractivity contribution in [2.75, 3.05) is 0 Å². The summed E-state index contributed by atoms with van der Waals surface area (Å²) in [6.45, 7) is 2.11. The van der Waals surface area contributed by atoms with Crippen LogP contribution in [-0.2, 0) is 10.2 Å². The molecule has 0 spiro atoms. The first-order valence-corrected chi connectivity index (χ1v) is 6.82. The van der Waals surface area contributed by atoms with Crippen LogP contribution in [0.2, 0.25) is 0 Å². The van der Waals surface area contributed by atoms with Gasteiger partial charge in [-0.25, -0.2) is 4.98 Å². The summed E-state index contributed by atoms with van der Waals surface area (Å²) in [5.41, 5.74) is 0.896. The minimum atomic E-state index is -0.243. The number of nitrogens with one attached hydrogen (secondary N) is 1. The highest BCUT2D eigenvalue weighted by molar-refractivity contribution is 7.09. The minimum absolute atomic E-state index is 0.0114. The van der Waals surface area contributed by atoms with Gasteiger partial charge in [-0.1, -0.05) is 37.3 Å². The van der Waals surface area contributed by atoms with E-state index in [1.54, 1.807) is 17.5 Å². The van der Waals surface area contributed by atoms with Crippen molar-refractivity contribution >= 4 is 17.2 Å². The topological polar surface area (TPSA) is 42.0 Å². The number of carbonyl (C=O) groups is 1. The molecule has 2 aromatic rings. The van der Waals surface area contributed by atoms with Gasteiger partial charge in [0, 0.05) is 18.0 Å². The van der Waals surface area contributed by atoms with Gasteiger partial charge in [0.05, 0.1) is 11.5 Å². The first-order valence-electron chi connectivity index (χ1n) is 5.94. The molecule has 2 unspecified atom stereocenters. The van der Waals surface area contributed by atoms with Crippen LogP contribution in [0.4, 0.5) is 0 Å². The van der Waals surface area contributed by atoms with Gasteiger partial charge < -0.3 is 5.32 Å². The highest BCUT2D eigenvalue weighted by Crippen LogP contribution is 2.44. The number of carbonyl (C=O) groups excluding carboxylic acids is 1. The normalized spacial score (nSPS) is 27.2. The lowest BCUT2D eigenvalue weighted by molar-refractivity contribution is -0.119. The van der Waals surface area contributed by atoms with Crippen molar-refractivity contribution in [3.63, 3.8) is 0 Å². The van der Waals surface area contributed by atoms with Gasteiger partial charge in [0.15, 0.2) is 0 Å². The SMILES string of the molecule is CC1(c2nccs2)CC(=O)NC1c1ccccc1. The number of rotatable bonds is 2. The number of amides is 1. The average molecular weight is 258 g/mol. The lowest BCUT2D eigenvalue weighted by atomic mass is 9.80. The quantitative estimate of drug-likeness (QED) is 0.899. The molecule has 1 aliphatic rings. The Kier molecular flexibility index (Phi) is 2.67. The molecule has 2 heterocycles. The molecule has 3 nitrogen and oxygen atoms in total. The molecule has 1 amide bonds. The van der Waals surface area contributed by atoms with Crippen molar-refractivity contribution in [3.05, 3.63) is 52.5 Å². The second kappa shape index (κ2) is 4.21. The van der Waals surface area contributed by atoms with Crippen LogP contribution < -0.4 is 5.32 Å². The summed E-state index contributed by atoms with van der Waals surface area (Å²) in [6.07, 6.45) is 2.30. The molecule has 0 radical (unpaired) electrons. The van der Waals surface area contributed by atoms with E-state index in [0.29, 0.717) is 6.42 Å². The molecule has 0 aliphatic carbocycles. The third-order valence-corrected chi connectivity index (χ3v) is 4.58. The first kappa shape index (κ1) is 11.4. The van der Waals surface area contributed by atoms with Crippen molar-refractivity contribution in [1.29, 1.82) is 0 Å². The van der Waals surface area contributed by atoms with E-state index in [0.717, 1.165) is 10.6 Å². The van der Waals surface area contributed by atoms with Crippen molar-refractivity contribution in [2.45, 2.75) is 24.8 Å². The van der Waals surface area contributed by atoms with Crippen LogP contribution >= 0.6 is 11.3 Å². The third-order valence-electron chi connectivity index (χ3n) is 3.52. The fraction of sp³-hybridized carbons (Fsp3) is 0.286. The second-order valence-corrected chi connectivity index (χ2v) is 5.74. The van der Waals surface area contributed by atoms with Gasteiger partial charge in [0.25, 0.3) is 0 Å². The van der Waals surface area contributed by atoms with Gasteiger partial charge in [-0.3, -0.25) is 4.79 Å². The summed E-state index contributed by atoms with van der Waals surface area (Å²) < 4.78 is 0. The van der Waals surface area contributed by atoms with Crippen LogP contribution in [0.5, 0.6) is 0 Å². The van der Waals surface area contributed by atoms with Gasteiger partial charge in [-0.05, 0) is 5.56 Å². The lowest BCUT2D eigenvalue weighted by Gasteiger charge is -2.28. The standard InChI is InChI=1S/C14H14N2OS/c1-14(13-15-7-8-18-13)9-11(17)16-12(14)10-5-3-2-4-6-10/h2-8,12H,9H2,1H3,(H,16,17). The Bertz CT molecular complexity index is 552. The highest BCUT2D eigenvalue weighted by Gasteiger charge is 2.46. The molecule has 0 bridgehead atoms. The van der Waals surface area contributed by atoms with Crippen LogP contribution in [0.25, 0.3) is 0 Å². The Morgan fingerprint density at radius 3 is 2.83 bits per heavy atom. The van der Waals surface area contributed by atoms with E-state index >= 15 is 0 Å². The molecular formula is C14H14N2OS. The zero-order valence-corrected chi connectivity index (χ0v) is 10.9. The fourth-order valence-electron chi connectivity index (χ4n) is 2.61. The van der Waals surface area contributed by atoms with Gasteiger partial charge >= 0.3 is 0 Å². The van der Waals surface area contributed by atoms with Gasteiger partial charge in [-0.15, -0.1) is 11.3 Å². The molecular weight excluding hydrogens is 244 g/mol. The Labute approximate surface area is 110 Å². The Hall–Kier alpha value is -1.68. The van der Waals surface area contributed by atoms with Crippen LogP contribution in [0.15, 0.2) is 41.9 Å². The van der Waals surface area contributed by atoms with E-state index in [9.17, 15) is 4.79 Å². The molecule has 92 valence electrons. The monoisotopic (exact) mass is 258 g/mol. The molecule has 1 saturated heterocycles. The zero-order chi connectivity index (χ0) is 12.6. The maximum atomic E-state index is 11.8. The number of nitrogens with zero attached hydrogens (tertiary/aromatic N) is 1. The Balaban J connectivity index is 2.05. The van der Waals surface area contributed by atoms with E-state index in [1.165, 1.54) is 0 Å². The second-order valence-electron chi connectivity index (χ2n) is 4.84. The lowest BCUT2D eigenvalue weighted by Crippen LogP contribution is -2.30. The van der Waals surface area contributed by atoms with Crippen LogP contribution in [0, 0.1) is 0 Å². The molecule has 1 aromatic carbocycles. The third kappa shape index (κ3) is 1.73. The van der Waals surface area contributed by atoms with Gasteiger partial charge in [0.1, 0.15) is 5.01 Å². The van der Waals surface area contributed by atoms with Gasteiger partial charge in [-0.2, -0.15) is 0 Å². The molecule has 1 aliphatic heterocycles. The number of thiazole rings is 1. The average Bonchev–Trinajstić information content (AvgIpc) is 2.99. The number of benzene rings is 1. The first-order chi connectivity index (χ1) is 8.70. The molecule has 18 heavy (non-hydrogen) atoms. The zero-order valence-electron chi connectivity index (χ0n) is 10.1. The predicted molar refractivity (Wildman–Crippen MR) is 71.4 cm³/mol. The summed E-state index contributed by atoms with van der Waals surface area (Å²) in [7, 11) is 0. The summed E-state index contributed by atoms with van der Waals surface area (Å²) in [4.78, 5) is 16.2. The molecule has 1 fully saturated rings. The Morgan fingerprint density at radius 1 is 1.39 bits per heavy atom. The van der Waals surface area contributed by atoms with Crippen molar-refractivity contribution in [2.24, 2.45) is 0 Å². The van der Waals surface area contributed by atoms with Crippen LogP contribution in [0.3, 0.4) is 0 Å². The van der Waals surface area contributed by atoms with Crippen LogP contribution in [0.1, 0.15) is 30.0 Å². The summed E-state index contributed by atoms with van der Waals surface area (Å²) in [5.74, 6) is 0.0987. The highest BCUT2D eigenvalue weighted by atomic mass is 32.1. The number of aromatic nitrogens is 1. The predicted octanol–water partition coefficient (Wildman–Crippen LogP) is 2.66. The van der Waals surface area contributed by atoms with Crippen molar-refractivity contribution < 1.29 is 4.79 Å².